The van der Waals surface area contributed by atoms with Gasteiger partial charge in [0.1, 0.15) is 18.2 Å². The van der Waals surface area contributed by atoms with Crippen LogP contribution in [0.4, 0.5) is 9.59 Å². The summed E-state index contributed by atoms with van der Waals surface area (Å²) in [4.78, 5) is 50.7. The summed E-state index contributed by atoms with van der Waals surface area (Å²) in [5.74, 6) is -1.16. The molecule has 3 N–H and O–H groups in total. The van der Waals surface area contributed by atoms with Gasteiger partial charge in [-0.15, -0.1) is 0 Å². The van der Waals surface area contributed by atoms with Crippen LogP contribution in [0.25, 0.3) is 11.1 Å². The number of aliphatic carboxylic acids is 1. The van der Waals surface area contributed by atoms with E-state index >= 15 is 0 Å². The summed E-state index contributed by atoms with van der Waals surface area (Å²) in [5, 5.41) is 15.0. The lowest BCUT2D eigenvalue weighted by Crippen LogP contribution is -2.45. The average molecular weight is 580 g/mol. The molecule has 0 radical (unpaired) electrons. The van der Waals surface area contributed by atoms with Crippen LogP contribution in [0.15, 0.2) is 48.5 Å². The molecule has 226 valence electrons. The Balaban J connectivity index is 1.19. The molecule has 1 atom stereocenters. The van der Waals surface area contributed by atoms with Crippen molar-refractivity contribution in [2.24, 2.45) is 5.92 Å². The molecule has 0 aromatic heterocycles. The molecule has 0 spiro atoms. The van der Waals surface area contributed by atoms with Crippen molar-refractivity contribution >= 4 is 24.1 Å². The van der Waals surface area contributed by atoms with Crippen molar-refractivity contribution in [3.05, 3.63) is 59.7 Å². The molecule has 10 heteroatoms. The van der Waals surface area contributed by atoms with Gasteiger partial charge in [0.15, 0.2) is 0 Å². The number of likely N-dealkylation sites (tertiary alicyclic amines) is 1. The third-order valence-electron chi connectivity index (χ3n) is 7.71. The maximum absolute atomic E-state index is 12.7. The van der Waals surface area contributed by atoms with Crippen molar-refractivity contribution in [1.29, 1.82) is 0 Å². The van der Waals surface area contributed by atoms with E-state index in [2.05, 4.69) is 22.8 Å². The summed E-state index contributed by atoms with van der Waals surface area (Å²) in [5.41, 5.74) is 3.83. The van der Waals surface area contributed by atoms with E-state index in [4.69, 9.17) is 9.47 Å². The summed E-state index contributed by atoms with van der Waals surface area (Å²) in [6.45, 7) is 6.88. The van der Waals surface area contributed by atoms with Crippen LogP contribution in [-0.2, 0) is 19.1 Å². The number of amides is 3. The van der Waals surface area contributed by atoms with Crippen LogP contribution in [0.2, 0.25) is 0 Å². The van der Waals surface area contributed by atoms with Gasteiger partial charge >= 0.3 is 18.2 Å². The number of piperidine rings is 1. The number of hydrogen-bond donors (Lipinski definition) is 3. The van der Waals surface area contributed by atoms with Crippen molar-refractivity contribution in [2.45, 2.75) is 70.4 Å². The normalized spacial score (nSPS) is 15.7. The minimum atomic E-state index is -1.11. The van der Waals surface area contributed by atoms with Gasteiger partial charge in [-0.25, -0.2) is 14.4 Å². The molecule has 2 aromatic carbocycles. The monoisotopic (exact) mass is 579 g/mol. The molecule has 4 rings (SSSR count). The van der Waals surface area contributed by atoms with Gasteiger partial charge in [0, 0.05) is 32.0 Å². The smallest absolute Gasteiger partial charge is 0.407 e. The fourth-order valence-electron chi connectivity index (χ4n) is 5.66. The molecule has 1 aliphatic heterocycles. The zero-order valence-electron chi connectivity index (χ0n) is 24.6. The lowest BCUT2D eigenvalue weighted by Gasteiger charge is -2.33. The van der Waals surface area contributed by atoms with Gasteiger partial charge in [-0.3, -0.25) is 4.79 Å². The van der Waals surface area contributed by atoms with Crippen LogP contribution in [0.5, 0.6) is 0 Å². The Hall–Kier alpha value is -4.08. The molecule has 0 bridgehead atoms. The lowest BCUT2D eigenvalue weighted by molar-refractivity contribution is -0.140. The molecule has 1 heterocycles. The first-order valence-electron chi connectivity index (χ1n) is 14.6. The van der Waals surface area contributed by atoms with Crippen LogP contribution < -0.4 is 10.6 Å². The Labute approximate surface area is 246 Å². The van der Waals surface area contributed by atoms with Crippen LogP contribution in [0.1, 0.15) is 69.9 Å². The zero-order valence-corrected chi connectivity index (χ0v) is 24.6. The lowest BCUT2D eigenvalue weighted by atomic mass is 9.90. The number of carboxylic acids is 1. The van der Waals surface area contributed by atoms with Gasteiger partial charge < -0.3 is 30.1 Å². The minimum absolute atomic E-state index is 0.00554. The van der Waals surface area contributed by atoms with E-state index in [1.807, 2.05) is 36.4 Å². The molecule has 42 heavy (non-hydrogen) atoms. The minimum Gasteiger partial charge on any atom is -0.480 e. The van der Waals surface area contributed by atoms with E-state index in [0.717, 1.165) is 22.3 Å². The van der Waals surface area contributed by atoms with Crippen LogP contribution in [-0.4, -0.2) is 72.0 Å². The highest BCUT2D eigenvalue weighted by molar-refractivity contribution is 5.81. The Morgan fingerprint density at radius 3 is 2.12 bits per heavy atom. The summed E-state index contributed by atoms with van der Waals surface area (Å²) < 4.78 is 10.7. The van der Waals surface area contributed by atoms with Crippen molar-refractivity contribution in [1.82, 2.24) is 15.5 Å². The predicted octanol–water partition coefficient (Wildman–Crippen LogP) is 4.91. The standard InChI is InChI=1S/C32H41N3O7/c1-32(2,3)42-30(39)33-16-8-13-28(36)35-17-14-21(15-18-35)19-27(29(37)38)34-31(40)41-20-26-24-11-6-4-9-22(24)23-10-5-7-12-25(23)26/h4-7,9-12,21,26-27H,8,13-20H2,1-3H3,(H,33,39)(H,34,40)(H,37,38)/t27-/m0/s1. The number of carbonyl (C=O) groups is 4. The molecule has 1 aliphatic carbocycles. The first-order chi connectivity index (χ1) is 20.0. The summed E-state index contributed by atoms with van der Waals surface area (Å²) in [6, 6.07) is 15.0. The van der Waals surface area contributed by atoms with E-state index in [1.165, 1.54) is 0 Å². The summed E-state index contributed by atoms with van der Waals surface area (Å²) >= 11 is 0. The second-order valence-corrected chi connectivity index (χ2v) is 12.0. The number of benzene rings is 2. The number of carboxylic acid groups (broad SMARTS) is 1. The van der Waals surface area contributed by atoms with Gasteiger partial charge in [-0.2, -0.15) is 0 Å². The van der Waals surface area contributed by atoms with Gasteiger partial charge in [0.25, 0.3) is 0 Å². The van der Waals surface area contributed by atoms with Crippen molar-refractivity contribution < 1.29 is 33.8 Å². The molecule has 1 saturated heterocycles. The van der Waals surface area contributed by atoms with Crippen molar-refractivity contribution in [2.75, 3.05) is 26.2 Å². The molecule has 0 unspecified atom stereocenters. The Bertz CT molecular complexity index is 1240. The number of hydrogen-bond acceptors (Lipinski definition) is 6. The third-order valence-corrected chi connectivity index (χ3v) is 7.71. The maximum atomic E-state index is 12.7. The Morgan fingerprint density at radius 1 is 0.952 bits per heavy atom. The molecular formula is C32H41N3O7. The van der Waals surface area contributed by atoms with Gasteiger partial charge in [-0.1, -0.05) is 48.5 Å². The van der Waals surface area contributed by atoms with Gasteiger partial charge in [0.05, 0.1) is 0 Å². The maximum Gasteiger partial charge on any atom is 0.407 e. The van der Waals surface area contributed by atoms with Crippen molar-refractivity contribution in [3.63, 3.8) is 0 Å². The van der Waals surface area contributed by atoms with Crippen LogP contribution in [0, 0.1) is 5.92 Å². The van der Waals surface area contributed by atoms with Crippen LogP contribution >= 0.6 is 0 Å². The molecule has 0 saturated carbocycles. The largest absolute Gasteiger partial charge is 0.480 e. The quantitative estimate of drug-likeness (QED) is 0.341. The van der Waals surface area contributed by atoms with Crippen molar-refractivity contribution in [3.8, 4) is 11.1 Å². The van der Waals surface area contributed by atoms with E-state index < -0.39 is 29.8 Å². The fourth-order valence-corrected chi connectivity index (χ4v) is 5.66. The Morgan fingerprint density at radius 2 is 1.55 bits per heavy atom. The number of rotatable bonds is 10. The van der Waals surface area contributed by atoms with E-state index in [0.29, 0.717) is 45.3 Å². The number of nitrogens with zero attached hydrogens (tertiary/aromatic N) is 1. The van der Waals surface area contributed by atoms with E-state index in [9.17, 15) is 24.3 Å². The first-order valence-corrected chi connectivity index (χ1v) is 14.6. The molecule has 10 nitrogen and oxygen atoms in total. The third kappa shape index (κ3) is 8.24. The number of nitrogens with one attached hydrogen (secondary N) is 2. The second kappa shape index (κ2) is 13.7. The van der Waals surface area contributed by atoms with Gasteiger partial charge in [0.2, 0.25) is 5.91 Å². The highest BCUT2D eigenvalue weighted by atomic mass is 16.6. The summed E-state index contributed by atoms with van der Waals surface area (Å²) in [6.07, 6.45) is 1.12. The van der Waals surface area contributed by atoms with E-state index in [1.54, 1.807) is 25.7 Å². The fraction of sp³-hybridized carbons (Fsp3) is 0.500. The van der Waals surface area contributed by atoms with E-state index in [-0.39, 0.29) is 30.8 Å². The number of alkyl carbamates (subject to hydrolysis) is 2. The SMILES string of the molecule is CC(C)(C)OC(=O)NCCCC(=O)N1CCC(C[C@H](NC(=O)OCC2c3ccccc3-c3ccccc32)C(=O)O)CC1. The van der Waals surface area contributed by atoms with Crippen LogP contribution in [0.3, 0.4) is 0 Å². The average Bonchev–Trinajstić information content (AvgIpc) is 3.27. The molecule has 3 amide bonds. The molecule has 2 aliphatic rings. The highest BCUT2D eigenvalue weighted by Crippen LogP contribution is 2.44. The molecule has 2 aromatic rings. The highest BCUT2D eigenvalue weighted by Gasteiger charge is 2.31. The predicted molar refractivity (Wildman–Crippen MR) is 157 cm³/mol. The summed E-state index contributed by atoms with van der Waals surface area (Å²) in [7, 11) is 0. The molecular weight excluding hydrogens is 538 g/mol. The number of carbonyl (C=O) groups excluding carboxylic acids is 3. The zero-order chi connectivity index (χ0) is 30.3. The first kappa shape index (κ1) is 30.9. The number of ether oxygens (including phenoxy) is 2. The second-order valence-electron chi connectivity index (χ2n) is 12.0. The Kier molecular flexibility index (Phi) is 10.1. The van der Waals surface area contributed by atoms with Gasteiger partial charge in [-0.05, 0) is 74.6 Å². The molecule has 1 fully saturated rings. The topological polar surface area (TPSA) is 134 Å². The number of fused-ring (bicyclic) bond motifs is 3.